The van der Waals surface area contributed by atoms with Gasteiger partial charge < -0.3 is 10.6 Å². The number of hydrogen-bond acceptors (Lipinski definition) is 2. The number of carbonyl (C=O) groups excluding carboxylic acids is 1. The minimum Gasteiger partial charge on any atom is -0.324 e. The Balaban J connectivity index is 2.07. The Bertz CT molecular complexity index is 410. The van der Waals surface area contributed by atoms with Crippen LogP contribution in [0.5, 0.6) is 0 Å². The van der Waals surface area contributed by atoms with E-state index in [2.05, 4.69) is 17.6 Å². The van der Waals surface area contributed by atoms with Crippen LogP contribution in [0.1, 0.15) is 32.6 Å². The number of nitrogens with one attached hydrogen (secondary N) is 2. The lowest BCUT2D eigenvalue weighted by Gasteiger charge is -2.27. The molecule has 1 saturated heterocycles. The number of rotatable bonds is 4. The molecular weight excluding hydrogens is 248 g/mol. The van der Waals surface area contributed by atoms with Gasteiger partial charge in [0.25, 0.3) is 0 Å². The highest BCUT2D eigenvalue weighted by Gasteiger charge is 2.39. The molecule has 0 bridgehead atoms. The van der Waals surface area contributed by atoms with Crippen molar-refractivity contribution >= 4 is 23.2 Å². The number of carbonyl (C=O) groups is 1. The van der Waals surface area contributed by atoms with Crippen molar-refractivity contribution in [1.82, 2.24) is 5.32 Å². The zero-order valence-corrected chi connectivity index (χ0v) is 11.4. The first-order valence-electron chi connectivity index (χ1n) is 6.48. The van der Waals surface area contributed by atoms with Gasteiger partial charge in [0.05, 0.1) is 5.54 Å². The van der Waals surface area contributed by atoms with Gasteiger partial charge in [-0.3, -0.25) is 4.79 Å². The maximum atomic E-state index is 12.4. The zero-order valence-electron chi connectivity index (χ0n) is 10.6. The van der Waals surface area contributed by atoms with Crippen molar-refractivity contribution < 1.29 is 4.79 Å². The molecule has 0 aliphatic carbocycles. The Kier molecular flexibility index (Phi) is 4.25. The maximum absolute atomic E-state index is 12.4. The summed E-state index contributed by atoms with van der Waals surface area (Å²) in [5, 5.41) is 7.02. The second kappa shape index (κ2) is 5.72. The molecule has 1 unspecified atom stereocenters. The van der Waals surface area contributed by atoms with Crippen molar-refractivity contribution in [3.05, 3.63) is 29.3 Å². The van der Waals surface area contributed by atoms with Gasteiger partial charge in [-0.25, -0.2) is 0 Å². The second-order valence-corrected chi connectivity index (χ2v) is 5.26. The van der Waals surface area contributed by atoms with E-state index < -0.39 is 0 Å². The molecule has 0 spiro atoms. The summed E-state index contributed by atoms with van der Waals surface area (Å²) >= 11 is 5.83. The fourth-order valence-electron chi connectivity index (χ4n) is 2.54. The van der Waals surface area contributed by atoms with E-state index in [0.29, 0.717) is 5.02 Å². The van der Waals surface area contributed by atoms with Crippen molar-refractivity contribution in [1.29, 1.82) is 0 Å². The van der Waals surface area contributed by atoms with Crippen LogP contribution in [0.2, 0.25) is 5.02 Å². The highest BCUT2D eigenvalue weighted by Crippen LogP contribution is 2.26. The Labute approximate surface area is 113 Å². The third-order valence-electron chi connectivity index (χ3n) is 3.46. The van der Waals surface area contributed by atoms with Crippen LogP contribution in [-0.2, 0) is 4.79 Å². The molecule has 4 heteroatoms. The molecule has 98 valence electrons. The molecule has 2 N–H and O–H groups in total. The van der Waals surface area contributed by atoms with Gasteiger partial charge in [0.15, 0.2) is 0 Å². The van der Waals surface area contributed by atoms with E-state index >= 15 is 0 Å². The van der Waals surface area contributed by atoms with Crippen LogP contribution in [0.25, 0.3) is 0 Å². The summed E-state index contributed by atoms with van der Waals surface area (Å²) in [4.78, 5) is 12.4. The van der Waals surface area contributed by atoms with Crippen LogP contribution in [0.3, 0.4) is 0 Å². The van der Waals surface area contributed by atoms with Gasteiger partial charge in [0.1, 0.15) is 0 Å². The van der Waals surface area contributed by atoms with Crippen molar-refractivity contribution in [2.75, 3.05) is 11.9 Å². The molecular formula is C14H19ClN2O. The zero-order chi connectivity index (χ0) is 13.0. The third-order valence-corrected chi connectivity index (χ3v) is 3.71. The molecule has 1 aromatic carbocycles. The second-order valence-electron chi connectivity index (χ2n) is 4.82. The molecule has 1 heterocycles. The van der Waals surface area contributed by atoms with Gasteiger partial charge >= 0.3 is 0 Å². The predicted octanol–water partition coefficient (Wildman–Crippen LogP) is 3.20. The van der Waals surface area contributed by atoms with Crippen molar-refractivity contribution in [3.8, 4) is 0 Å². The Morgan fingerprint density at radius 3 is 2.72 bits per heavy atom. The van der Waals surface area contributed by atoms with Crippen molar-refractivity contribution in [2.45, 2.75) is 38.1 Å². The summed E-state index contributed by atoms with van der Waals surface area (Å²) in [7, 11) is 0. The summed E-state index contributed by atoms with van der Waals surface area (Å²) in [6.07, 6.45) is 3.86. The minimum atomic E-state index is -0.381. The van der Waals surface area contributed by atoms with Crippen LogP contribution < -0.4 is 10.6 Å². The normalized spacial score (nSPS) is 23.0. The summed E-state index contributed by atoms with van der Waals surface area (Å²) < 4.78 is 0. The van der Waals surface area contributed by atoms with Gasteiger partial charge in [-0.1, -0.05) is 24.9 Å². The Morgan fingerprint density at radius 1 is 1.44 bits per heavy atom. The summed E-state index contributed by atoms with van der Waals surface area (Å²) in [5.41, 5.74) is 0.419. The summed E-state index contributed by atoms with van der Waals surface area (Å²) in [6, 6.07) is 7.22. The number of halogens is 1. The third kappa shape index (κ3) is 2.85. The first kappa shape index (κ1) is 13.4. The molecule has 3 nitrogen and oxygen atoms in total. The Morgan fingerprint density at radius 2 is 2.17 bits per heavy atom. The number of hydrogen-bond donors (Lipinski definition) is 2. The first-order valence-corrected chi connectivity index (χ1v) is 6.86. The molecule has 1 aliphatic heterocycles. The molecule has 1 aliphatic rings. The Hall–Kier alpha value is -1.06. The number of amides is 1. The van der Waals surface area contributed by atoms with E-state index in [9.17, 15) is 4.79 Å². The number of benzene rings is 1. The standard InChI is InChI=1S/C14H19ClN2O/c1-2-8-14(9-3-10-16-14)13(18)17-12-6-4-11(15)5-7-12/h4-7,16H,2-3,8-10H2,1H3,(H,17,18). The lowest BCUT2D eigenvalue weighted by Crippen LogP contribution is -2.50. The van der Waals surface area contributed by atoms with Crippen LogP contribution in [-0.4, -0.2) is 18.0 Å². The highest BCUT2D eigenvalue weighted by molar-refractivity contribution is 6.30. The van der Waals surface area contributed by atoms with Gasteiger partial charge in [-0.2, -0.15) is 0 Å². The lowest BCUT2D eigenvalue weighted by atomic mass is 9.91. The molecule has 0 radical (unpaired) electrons. The van der Waals surface area contributed by atoms with Gasteiger partial charge in [-0.05, 0) is 50.1 Å². The van der Waals surface area contributed by atoms with Crippen molar-refractivity contribution in [2.24, 2.45) is 0 Å². The molecule has 1 fully saturated rings. The topological polar surface area (TPSA) is 41.1 Å². The quantitative estimate of drug-likeness (QED) is 0.879. The summed E-state index contributed by atoms with van der Waals surface area (Å²) in [6.45, 7) is 3.03. The van der Waals surface area contributed by atoms with Crippen LogP contribution in [0.4, 0.5) is 5.69 Å². The molecule has 2 rings (SSSR count). The lowest BCUT2D eigenvalue weighted by molar-refractivity contribution is -0.122. The van der Waals surface area contributed by atoms with E-state index in [4.69, 9.17) is 11.6 Å². The molecule has 0 saturated carbocycles. The fraction of sp³-hybridized carbons (Fsp3) is 0.500. The van der Waals surface area contributed by atoms with Crippen molar-refractivity contribution in [3.63, 3.8) is 0 Å². The average Bonchev–Trinajstić information content (AvgIpc) is 2.82. The molecule has 0 aromatic heterocycles. The SMILES string of the molecule is CCCC1(C(=O)Nc2ccc(Cl)cc2)CCCN1. The van der Waals surface area contributed by atoms with Gasteiger partial charge in [0.2, 0.25) is 5.91 Å². The molecule has 1 amide bonds. The predicted molar refractivity (Wildman–Crippen MR) is 75.0 cm³/mol. The van der Waals surface area contributed by atoms with Gasteiger partial charge in [-0.15, -0.1) is 0 Å². The van der Waals surface area contributed by atoms with Crippen LogP contribution in [0.15, 0.2) is 24.3 Å². The maximum Gasteiger partial charge on any atom is 0.244 e. The van der Waals surface area contributed by atoms with E-state index in [1.165, 1.54) is 0 Å². The first-order chi connectivity index (χ1) is 8.66. The molecule has 1 aromatic rings. The van der Waals surface area contributed by atoms with Gasteiger partial charge in [0, 0.05) is 10.7 Å². The number of anilines is 1. The minimum absolute atomic E-state index is 0.0733. The largest absolute Gasteiger partial charge is 0.324 e. The monoisotopic (exact) mass is 266 g/mol. The van der Waals surface area contributed by atoms with Crippen LogP contribution in [0, 0.1) is 0 Å². The van der Waals surface area contributed by atoms with E-state index in [1.807, 2.05) is 12.1 Å². The molecule has 18 heavy (non-hydrogen) atoms. The van der Waals surface area contributed by atoms with E-state index in [-0.39, 0.29) is 11.4 Å². The van der Waals surface area contributed by atoms with E-state index in [0.717, 1.165) is 37.9 Å². The summed E-state index contributed by atoms with van der Waals surface area (Å²) in [5.74, 6) is 0.0733. The smallest absolute Gasteiger partial charge is 0.244 e. The highest BCUT2D eigenvalue weighted by atomic mass is 35.5. The average molecular weight is 267 g/mol. The van der Waals surface area contributed by atoms with E-state index in [1.54, 1.807) is 12.1 Å². The fourth-order valence-corrected chi connectivity index (χ4v) is 2.66. The van der Waals surface area contributed by atoms with Crippen LogP contribution >= 0.6 is 11.6 Å². The molecule has 1 atom stereocenters.